The molecule has 1 N–H and O–H groups in total. The molecule has 8 nitrogen and oxygen atoms in total. The number of amides is 1. The van der Waals surface area contributed by atoms with Gasteiger partial charge in [0.15, 0.2) is 23.0 Å². The number of nitriles is 1. The number of carbonyl (C=O) groups excluding carboxylic acids is 2. The van der Waals surface area contributed by atoms with Crippen LogP contribution in [0, 0.1) is 11.3 Å². The first-order chi connectivity index (χ1) is 16.8. The molecule has 1 amide bonds. The van der Waals surface area contributed by atoms with Gasteiger partial charge in [0.05, 0.1) is 20.8 Å². The molecule has 0 bridgehead atoms. The molecule has 0 radical (unpaired) electrons. The zero-order valence-corrected chi connectivity index (χ0v) is 20.6. The lowest BCUT2D eigenvalue weighted by molar-refractivity contribution is -0.129. The first kappa shape index (κ1) is 27.0. The van der Waals surface area contributed by atoms with Gasteiger partial charge in [-0.25, -0.2) is 4.79 Å². The average Bonchev–Trinajstić information content (AvgIpc) is 2.85. The van der Waals surface area contributed by atoms with E-state index in [2.05, 4.69) is 5.32 Å². The number of nitrogens with one attached hydrogen (secondary N) is 1. The van der Waals surface area contributed by atoms with E-state index in [4.69, 9.17) is 18.9 Å². The average molecular weight is 479 g/mol. The number of carbonyl (C=O) groups is 2. The summed E-state index contributed by atoms with van der Waals surface area (Å²) < 4.78 is 21.7. The van der Waals surface area contributed by atoms with Gasteiger partial charge in [-0.15, -0.1) is 0 Å². The van der Waals surface area contributed by atoms with Crippen molar-refractivity contribution in [3.63, 3.8) is 0 Å². The lowest BCUT2D eigenvalue weighted by atomic mass is 10.1. The summed E-state index contributed by atoms with van der Waals surface area (Å²) in [5.41, 5.74) is 1.24. The van der Waals surface area contributed by atoms with E-state index in [1.54, 1.807) is 57.4 Å². The Morgan fingerprint density at radius 2 is 1.63 bits per heavy atom. The molecular weight excluding hydrogens is 448 g/mol. The van der Waals surface area contributed by atoms with Crippen molar-refractivity contribution in [2.24, 2.45) is 0 Å². The number of hydrogen-bond acceptors (Lipinski definition) is 7. The highest BCUT2D eigenvalue weighted by Crippen LogP contribution is 2.30. The number of hydrogen-bond donors (Lipinski definition) is 1. The number of ether oxygens (including phenoxy) is 4. The van der Waals surface area contributed by atoms with E-state index in [0.717, 1.165) is 12.0 Å². The molecule has 0 spiro atoms. The summed E-state index contributed by atoms with van der Waals surface area (Å²) in [7, 11) is 2.98. The molecule has 0 atom stereocenters. The van der Waals surface area contributed by atoms with Crippen molar-refractivity contribution in [1.82, 2.24) is 5.32 Å². The molecule has 2 aromatic rings. The summed E-state index contributed by atoms with van der Waals surface area (Å²) in [6, 6.07) is 11.9. The van der Waals surface area contributed by atoms with E-state index < -0.39 is 11.9 Å². The maximum absolute atomic E-state index is 12.4. The van der Waals surface area contributed by atoms with Gasteiger partial charge in [0.2, 0.25) is 0 Å². The Hall–Kier alpha value is -4.25. The fourth-order valence-corrected chi connectivity index (χ4v) is 2.94. The van der Waals surface area contributed by atoms with E-state index in [0.29, 0.717) is 23.7 Å². The Labute approximate surface area is 205 Å². The zero-order chi connectivity index (χ0) is 25.8. The third kappa shape index (κ3) is 8.23. The molecule has 0 saturated heterocycles. The van der Waals surface area contributed by atoms with Crippen LogP contribution in [-0.4, -0.2) is 38.7 Å². The van der Waals surface area contributed by atoms with Crippen molar-refractivity contribution in [2.45, 2.75) is 33.2 Å². The lowest BCUT2D eigenvalue weighted by Crippen LogP contribution is -2.30. The molecular formula is C27H30N2O6. The Bertz CT molecular complexity index is 1140. The van der Waals surface area contributed by atoms with Gasteiger partial charge in [0, 0.05) is 12.1 Å². The highest BCUT2D eigenvalue weighted by atomic mass is 16.6. The Morgan fingerprint density at radius 3 is 2.26 bits per heavy atom. The van der Waals surface area contributed by atoms with Crippen molar-refractivity contribution in [1.29, 1.82) is 5.26 Å². The number of rotatable bonds is 11. The second-order valence-electron chi connectivity index (χ2n) is 7.72. The summed E-state index contributed by atoms with van der Waals surface area (Å²) in [5, 5.41) is 12.0. The molecule has 0 saturated carbocycles. The molecule has 0 aliphatic carbocycles. The predicted octanol–water partition coefficient (Wildman–Crippen LogP) is 4.54. The molecule has 35 heavy (non-hydrogen) atoms. The van der Waals surface area contributed by atoms with Crippen LogP contribution >= 0.6 is 0 Å². The van der Waals surface area contributed by atoms with E-state index in [1.807, 2.05) is 13.0 Å². The summed E-state index contributed by atoms with van der Waals surface area (Å²) in [6.07, 6.45) is 5.21. The van der Waals surface area contributed by atoms with Crippen molar-refractivity contribution in [2.75, 3.05) is 20.8 Å². The Balaban J connectivity index is 2.15. The van der Waals surface area contributed by atoms with Gasteiger partial charge in [-0.3, -0.25) is 4.79 Å². The minimum absolute atomic E-state index is 0.0463. The molecule has 0 heterocycles. The van der Waals surface area contributed by atoms with Crippen molar-refractivity contribution >= 4 is 24.0 Å². The standard InChI is InChI=1S/C27H30N2O6/c1-6-13-34-22-10-7-19(15-24(22)32-4)9-12-26(30)35-23-11-8-20(16-25(23)33-5)14-21(17-28)27(31)29-18(2)3/h7-12,14-16,18H,6,13H2,1-5H3,(H,29,31)/b12-9+,21-14+. The van der Waals surface area contributed by atoms with E-state index >= 15 is 0 Å². The minimum Gasteiger partial charge on any atom is -0.493 e. The third-order valence-electron chi connectivity index (χ3n) is 4.56. The summed E-state index contributed by atoms with van der Waals surface area (Å²) in [4.78, 5) is 24.5. The summed E-state index contributed by atoms with van der Waals surface area (Å²) in [6.45, 7) is 6.21. The SMILES string of the molecule is CCCOc1ccc(/C=C/C(=O)Oc2ccc(/C=C(\C#N)C(=O)NC(C)C)cc2OC)cc1OC. The summed E-state index contributed by atoms with van der Waals surface area (Å²) in [5.74, 6) is 0.605. The molecule has 8 heteroatoms. The van der Waals surface area contributed by atoms with Crippen LogP contribution in [0.3, 0.4) is 0 Å². The fourth-order valence-electron chi connectivity index (χ4n) is 2.94. The zero-order valence-electron chi connectivity index (χ0n) is 20.6. The van der Waals surface area contributed by atoms with E-state index in [-0.39, 0.29) is 23.1 Å². The molecule has 0 fully saturated rings. The summed E-state index contributed by atoms with van der Waals surface area (Å²) >= 11 is 0. The number of nitrogens with zero attached hydrogens (tertiary/aromatic N) is 1. The monoisotopic (exact) mass is 478 g/mol. The largest absolute Gasteiger partial charge is 0.493 e. The molecule has 2 aromatic carbocycles. The number of benzene rings is 2. The van der Waals surface area contributed by atoms with Crippen LogP contribution in [0.15, 0.2) is 48.0 Å². The van der Waals surface area contributed by atoms with Crippen LogP contribution in [0.2, 0.25) is 0 Å². The smallest absolute Gasteiger partial charge is 0.336 e. The van der Waals surface area contributed by atoms with Gasteiger partial charge >= 0.3 is 5.97 Å². The first-order valence-corrected chi connectivity index (χ1v) is 11.1. The molecule has 2 rings (SSSR count). The number of esters is 1. The van der Waals surface area contributed by atoms with E-state index in [9.17, 15) is 14.9 Å². The Morgan fingerprint density at radius 1 is 1.00 bits per heavy atom. The van der Waals surface area contributed by atoms with Crippen molar-refractivity contribution in [3.05, 3.63) is 59.2 Å². The van der Waals surface area contributed by atoms with Gasteiger partial charge in [-0.2, -0.15) is 5.26 Å². The van der Waals surface area contributed by atoms with Crippen molar-refractivity contribution < 1.29 is 28.5 Å². The Kier molecular flexibility index (Phi) is 10.4. The van der Waals surface area contributed by atoms with Crippen LogP contribution in [0.4, 0.5) is 0 Å². The maximum Gasteiger partial charge on any atom is 0.336 e. The molecule has 0 aliphatic rings. The second kappa shape index (κ2) is 13.5. The lowest BCUT2D eigenvalue weighted by Gasteiger charge is -2.11. The first-order valence-electron chi connectivity index (χ1n) is 11.1. The van der Waals surface area contributed by atoms with Crippen LogP contribution in [0.25, 0.3) is 12.2 Å². The van der Waals surface area contributed by atoms with Gasteiger partial charge < -0.3 is 24.3 Å². The number of methoxy groups -OCH3 is 2. The minimum atomic E-state index is -0.606. The fraction of sp³-hybridized carbons (Fsp3) is 0.296. The van der Waals surface area contributed by atoms with Crippen LogP contribution in [-0.2, 0) is 9.59 Å². The third-order valence-corrected chi connectivity index (χ3v) is 4.56. The quantitative estimate of drug-likeness (QED) is 0.219. The van der Waals surface area contributed by atoms with Gasteiger partial charge in [-0.1, -0.05) is 19.1 Å². The van der Waals surface area contributed by atoms with Gasteiger partial charge in [0.25, 0.3) is 5.91 Å². The van der Waals surface area contributed by atoms with Crippen molar-refractivity contribution in [3.8, 4) is 29.1 Å². The van der Waals surface area contributed by atoms with Gasteiger partial charge in [0.1, 0.15) is 11.6 Å². The maximum atomic E-state index is 12.4. The predicted molar refractivity (Wildman–Crippen MR) is 133 cm³/mol. The molecule has 0 aromatic heterocycles. The normalized spacial score (nSPS) is 11.2. The van der Waals surface area contributed by atoms with Gasteiger partial charge in [-0.05, 0) is 67.8 Å². The van der Waals surface area contributed by atoms with Crippen LogP contribution in [0.1, 0.15) is 38.3 Å². The molecule has 0 unspecified atom stereocenters. The van der Waals surface area contributed by atoms with Crippen LogP contribution in [0.5, 0.6) is 23.0 Å². The van der Waals surface area contributed by atoms with Crippen LogP contribution < -0.4 is 24.3 Å². The topological polar surface area (TPSA) is 107 Å². The highest BCUT2D eigenvalue weighted by Gasteiger charge is 2.13. The second-order valence-corrected chi connectivity index (χ2v) is 7.72. The highest BCUT2D eigenvalue weighted by molar-refractivity contribution is 6.01. The molecule has 184 valence electrons. The van der Waals surface area contributed by atoms with E-state index in [1.165, 1.54) is 25.3 Å². The molecule has 0 aliphatic heterocycles.